The molecule has 0 spiro atoms. The van der Waals surface area contributed by atoms with Gasteiger partial charge in [0.25, 0.3) is 0 Å². The van der Waals surface area contributed by atoms with Crippen LogP contribution in [0.5, 0.6) is 5.75 Å². The second-order valence-electron chi connectivity index (χ2n) is 5.50. The lowest BCUT2D eigenvalue weighted by molar-refractivity contribution is -0.0502. The molecular weight excluding hydrogens is 346 g/mol. The Labute approximate surface area is 146 Å². The van der Waals surface area contributed by atoms with Crippen molar-refractivity contribution in [2.45, 2.75) is 13.5 Å². The maximum absolute atomic E-state index is 12.5. The Bertz CT molecular complexity index is 969. The summed E-state index contributed by atoms with van der Waals surface area (Å²) in [6, 6.07) is 11.2. The van der Waals surface area contributed by atoms with Crippen LogP contribution in [0, 0.1) is 6.92 Å². The van der Waals surface area contributed by atoms with Gasteiger partial charge in [0.05, 0.1) is 11.1 Å². The number of Topliss-reactive ketones (excluding diaryl/α,β-unsaturated/α-hetero) is 1. The lowest BCUT2D eigenvalue weighted by Gasteiger charge is -2.11. The van der Waals surface area contributed by atoms with Crippen LogP contribution in [-0.4, -0.2) is 35.2 Å². The third-order valence-corrected chi connectivity index (χ3v) is 3.65. The SMILES string of the molecule is Cc1ccc(OC(F)F)c(C(=O)COC(=O)c2n[nH]c3ccccc23)c1. The largest absolute Gasteiger partial charge is 0.452 e. The Morgan fingerprint density at radius 1 is 1.19 bits per heavy atom. The Hall–Kier alpha value is -3.29. The van der Waals surface area contributed by atoms with Gasteiger partial charge in [-0.15, -0.1) is 0 Å². The highest BCUT2D eigenvalue weighted by Crippen LogP contribution is 2.23. The number of halogens is 2. The zero-order chi connectivity index (χ0) is 18.7. The van der Waals surface area contributed by atoms with Crippen molar-refractivity contribution in [2.24, 2.45) is 0 Å². The molecule has 0 bridgehead atoms. The van der Waals surface area contributed by atoms with Crippen molar-refractivity contribution in [2.75, 3.05) is 6.61 Å². The molecule has 0 radical (unpaired) electrons. The van der Waals surface area contributed by atoms with E-state index in [-0.39, 0.29) is 17.0 Å². The number of hydrogen-bond donors (Lipinski definition) is 1. The van der Waals surface area contributed by atoms with E-state index >= 15 is 0 Å². The molecule has 0 saturated heterocycles. The average molecular weight is 360 g/mol. The van der Waals surface area contributed by atoms with Gasteiger partial charge in [-0.25, -0.2) is 4.79 Å². The summed E-state index contributed by atoms with van der Waals surface area (Å²) in [5, 5.41) is 7.13. The fourth-order valence-corrected chi connectivity index (χ4v) is 2.46. The number of alkyl halides is 2. The maximum atomic E-state index is 12.5. The van der Waals surface area contributed by atoms with E-state index in [1.54, 1.807) is 31.2 Å². The fourth-order valence-electron chi connectivity index (χ4n) is 2.46. The molecule has 0 atom stereocenters. The monoisotopic (exact) mass is 360 g/mol. The normalized spacial score (nSPS) is 10.9. The first-order valence-electron chi connectivity index (χ1n) is 7.64. The molecule has 3 aromatic rings. The van der Waals surface area contributed by atoms with E-state index in [9.17, 15) is 18.4 Å². The molecule has 0 fully saturated rings. The van der Waals surface area contributed by atoms with Crippen LogP contribution in [0.25, 0.3) is 10.9 Å². The summed E-state index contributed by atoms with van der Waals surface area (Å²) < 4.78 is 34.3. The predicted molar refractivity (Wildman–Crippen MR) is 88.5 cm³/mol. The number of rotatable bonds is 6. The molecule has 0 amide bonds. The third kappa shape index (κ3) is 3.69. The Kier molecular flexibility index (Phi) is 4.92. The topological polar surface area (TPSA) is 81.3 Å². The molecule has 1 N–H and O–H groups in total. The minimum atomic E-state index is -3.07. The first-order chi connectivity index (χ1) is 12.5. The van der Waals surface area contributed by atoms with E-state index in [0.717, 1.165) is 0 Å². The van der Waals surface area contributed by atoms with E-state index in [2.05, 4.69) is 14.9 Å². The highest BCUT2D eigenvalue weighted by atomic mass is 19.3. The molecule has 0 saturated carbocycles. The number of ketones is 1. The second kappa shape index (κ2) is 7.30. The molecular formula is C18H14F2N2O4. The summed E-state index contributed by atoms with van der Waals surface area (Å²) in [4.78, 5) is 24.5. The van der Waals surface area contributed by atoms with E-state index in [0.29, 0.717) is 16.5 Å². The van der Waals surface area contributed by atoms with Crippen molar-refractivity contribution < 1.29 is 27.8 Å². The Morgan fingerprint density at radius 2 is 1.96 bits per heavy atom. The van der Waals surface area contributed by atoms with Gasteiger partial charge in [-0.05, 0) is 25.1 Å². The average Bonchev–Trinajstić information content (AvgIpc) is 3.04. The predicted octanol–water partition coefficient (Wildman–Crippen LogP) is 3.51. The molecule has 6 nitrogen and oxygen atoms in total. The van der Waals surface area contributed by atoms with Crippen LogP contribution in [-0.2, 0) is 4.74 Å². The highest BCUT2D eigenvalue weighted by molar-refractivity contribution is 6.04. The molecule has 134 valence electrons. The van der Waals surface area contributed by atoms with Crippen LogP contribution < -0.4 is 4.74 Å². The minimum Gasteiger partial charge on any atom is -0.452 e. The van der Waals surface area contributed by atoms with E-state index < -0.39 is 25.0 Å². The van der Waals surface area contributed by atoms with E-state index in [1.165, 1.54) is 18.2 Å². The molecule has 1 aromatic heterocycles. The number of benzene rings is 2. The van der Waals surface area contributed by atoms with Gasteiger partial charge in [-0.3, -0.25) is 9.89 Å². The second-order valence-corrected chi connectivity index (χ2v) is 5.50. The lowest BCUT2D eigenvalue weighted by Crippen LogP contribution is -2.16. The van der Waals surface area contributed by atoms with Gasteiger partial charge >= 0.3 is 12.6 Å². The molecule has 26 heavy (non-hydrogen) atoms. The number of carbonyl (C=O) groups excluding carboxylic acids is 2. The zero-order valence-corrected chi connectivity index (χ0v) is 13.7. The van der Waals surface area contributed by atoms with Crippen LogP contribution >= 0.6 is 0 Å². The molecule has 0 unspecified atom stereocenters. The van der Waals surface area contributed by atoms with Gasteiger partial charge < -0.3 is 9.47 Å². The molecule has 3 rings (SSSR count). The van der Waals surface area contributed by atoms with Gasteiger partial charge in [0.15, 0.2) is 12.3 Å². The molecule has 0 aliphatic rings. The third-order valence-electron chi connectivity index (χ3n) is 3.65. The number of esters is 1. The number of aryl methyl sites for hydroxylation is 1. The maximum Gasteiger partial charge on any atom is 0.387 e. The number of ether oxygens (including phenoxy) is 2. The number of fused-ring (bicyclic) bond motifs is 1. The van der Waals surface area contributed by atoms with Gasteiger partial charge in [0, 0.05) is 5.39 Å². The van der Waals surface area contributed by atoms with Crippen molar-refractivity contribution in [3.8, 4) is 5.75 Å². The van der Waals surface area contributed by atoms with Gasteiger partial charge in [-0.2, -0.15) is 13.9 Å². The summed E-state index contributed by atoms with van der Waals surface area (Å²) in [5.41, 5.74) is 1.29. The summed E-state index contributed by atoms with van der Waals surface area (Å²) in [6.45, 7) is -1.99. The Morgan fingerprint density at radius 3 is 2.73 bits per heavy atom. The smallest absolute Gasteiger partial charge is 0.387 e. The fraction of sp³-hybridized carbons (Fsp3) is 0.167. The molecule has 8 heteroatoms. The number of nitrogens with zero attached hydrogens (tertiary/aromatic N) is 1. The molecule has 0 aliphatic heterocycles. The number of nitrogens with one attached hydrogen (secondary N) is 1. The highest BCUT2D eigenvalue weighted by Gasteiger charge is 2.20. The molecule has 0 aliphatic carbocycles. The number of H-pyrrole nitrogens is 1. The van der Waals surface area contributed by atoms with Crippen LogP contribution in [0.15, 0.2) is 42.5 Å². The van der Waals surface area contributed by atoms with Crippen molar-refractivity contribution >= 4 is 22.7 Å². The van der Waals surface area contributed by atoms with Crippen LogP contribution in [0.2, 0.25) is 0 Å². The number of hydrogen-bond acceptors (Lipinski definition) is 5. The van der Waals surface area contributed by atoms with Crippen molar-refractivity contribution in [1.82, 2.24) is 10.2 Å². The lowest BCUT2D eigenvalue weighted by atomic mass is 10.1. The summed E-state index contributed by atoms with van der Waals surface area (Å²) >= 11 is 0. The zero-order valence-electron chi connectivity index (χ0n) is 13.7. The van der Waals surface area contributed by atoms with E-state index in [4.69, 9.17) is 4.74 Å². The van der Waals surface area contributed by atoms with E-state index in [1.807, 2.05) is 0 Å². The summed E-state index contributed by atoms with van der Waals surface area (Å²) in [6.07, 6.45) is 0. The van der Waals surface area contributed by atoms with Gasteiger partial charge in [-0.1, -0.05) is 29.8 Å². The minimum absolute atomic E-state index is 0.0432. The van der Waals surface area contributed by atoms with Gasteiger partial charge in [0.1, 0.15) is 5.75 Å². The first kappa shape index (κ1) is 17.5. The van der Waals surface area contributed by atoms with Crippen LogP contribution in [0.4, 0.5) is 8.78 Å². The molecule has 1 heterocycles. The van der Waals surface area contributed by atoms with Crippen molar-refractivity contribution in [1.29, 1.82) is 0 Å². The summed E-state index contributed by atoms with van der Waals surface area (Å²) in [7, 11) is 0. The number of aromatic nitrogens is 2. The van der Waals surface area contributed by atoms with Crippen molar-refractivity contribution in [3.63, 3.8) is 0 Å². The van der Waals surface area contributed by atoms with Crippen LogP contribution in [0.1, 0.15) is 26.4 Å². The number of carbonyl (C=O) groups is 2. The molecule has 2 aromatic carbocycles. The standard InChI is InChI=1S/C18H14F2N2O4/c1-10-6-7-15(26-18(19)20)12(8-10)14(23)9-25-17(24)16-11-4-2-3-5-13(11)21-22-16/h2-8,18H,9H2,1H3,(H,21,22). The van der Waals surface area contributed by atoms with Crippen LogP contribution in [0.3, 0.4) is 0 Å². The number of aromatic amines is 1. The first-order valence-corrected chi connectivity index (χ1v) is 7.64. The van der Waals surface area contributed by atoms with Gasteiger partial charge in [0.2, 0.25) is 5.78 Å². The quantitative estimate of drug-likeness (QED) is 0.537. The Balaban J connectivity index is 1.74. The summed E-state index contributed by atoms with van der Waals surface area (Å²) in [5.74, 6) is -1.71. The van der Waals surface area contributed by atoms with Crippen molar-refractivity contribution in [3.05, 3.63) is 59.3 Å². The number of para-hydroxylation sites is 1.